The topological polar surface area (TPSA) is 89.4 Å². The van der Waals surface area contributed by atoms with Crippen LogP contribution < -0.4 is 11.5 Å². The maximum absolute atomic E-state index is 12.0. The minimum atomic E-state index is -0.541. The van der Waals surface area contributed by atoms with Gasteiger partial charge in [0.1, 0.15) is 0 Å². The van der Waals surface area contributed by atoms with Crippen LogP contribution in [0.3, 0.4) is 0 Å². The second-order valence-corrected chi connectivity index (χ2v) is 5.45. The fraction of sp³-hybridized carbons (Fsp3) is 0.818. The van der Waals surface area contributed by atoms with Crippen molar-refractivity contribution < 1.29 is 9.59 Å². The quantitative estimate of drug-likeness (QED) is 0.645. The lowest BCUT2D eigenvalue weighted by atomic mass is 10.1. The summed E-state index contributed by atoms with van der Waals surface area (Å²) in [5.41, 5.74) is 10.9. The summed E-state index contributed by atoms with van der Waals surface area (Å²) in [5, 5.41) is 0. The largest absolute Gasteiger partial charge is 0.368 e. The molecule has 0 aliphatic carbocycles. The molecule has 0 aromatic carbocycles. The highest BCUT2D eigenvalue weighted by Crippen LogP contribution is 2.05. The van der Waals surface area contributed by atoms with Crippen molar-refractivity contribution in [3.8, 4) is 0 Å². The molecule has 0 spiro atoms. The van der Waals surface area contributed by atoms with E-state index in [2.05, 4.69) is 0 Å². The van der Waals surface area contributed by atoms with Crippen molar-refractivity contribution in [3.63, 3.8) is 0 Å². The van der Waals surface area contributed by atoms with Crippen molar-refractivity contribution in [2.24, 2.45) is 17.4 Å². The van der Waals surface area contributed by atoms with Gasteiger partial charge in [0.25, 0.3) is 0 Å². The molecule has 0 saturated heterocycles. The summed E-state index contributed by atoms with van der Waals surface area (Å²) < 4.78 is 0. The molecule has 0 aromatic rings. The highest BCUT2D eigenvalue weighted by atomic mass is 32.2. The van der Waals surface area contributed by atoms with Gasteiger partial charge in [-0.25, -0.2) is 0 Å². The van der Waals surface area contributed by atoms with Crippen LogP contribution in [0.25, 0.3) is 0 Å². The number of nitrogens with two attached hydrogens (primary N) is 2. The van der Waals surface area contributed by atoms with Gasteiger partial charge in [-0.2, -0.15) is 11.8 Å². The second-order valence-electron chi connectivity index (χ2n) is 4.47. The molecule has 0 saturated carbocycles. The fourth-order valence-corrected chi connectivity index (χ4v) is 1.95. The molecular weight excluding hydrogens is 238 g/mol. The van der Waals surface area contributed by atoms with Crippen LogP contribution in [0.15, 0.2) is 0 Å². The number of amides is 2. The molecular formula is C11H23N3O2S. The average molecular weight is 261 g/mol. The number of thioether (sulfide) groups is 1. The van der Waals surface area contributed by atoms with Crippen LogP contribution in [0.5, 0.6) is 0 Å². The standard InChI is InChI=1S/C11H23N3O2S/c1-8(2)6-14(7-10(13)15)11(16)9(12)4-5-17-3/h8-9H,4-7,12H2,1-3H3,(H2,13,15)/t9-/m0/s1. The maximum Gasteiger partial charge on any atom is 0.239 e. The zero-order chi connectivity index (χ0) is 13.4. The van der Waals surface area contributed by atoms with E-state index < -0.39 is 11.9 Å². The molecule has 1 atom stereocenters. The Morgan fingerprint density at radius 2 is 1.94 bits per heavy atom. The Bertz CT molecular complexity index is 259. The number of nitrogens with zero attached hydrogens (tertiary/aromatic N) is 1. The Morgan fingerprint density at radius 1 is 1.35 bits per heavy atom. The molecule has 0 unspecified atom stereocenters. The Morgan fingerprint density at radius 3 is 2.35 bits per heavy atom. The van der Waals surface area contributed by atoms with Crippen molar-refractivity contribution in [3.05, 3.63) is 0 Å². The van der Waals surface area contributed by atoms with E-state index in [1.54, 1.807) is 11.8 Å². The van der Waals surface area contributed by atoms with E-state index in [-0.39, 0.29) is 18.4 Å². The molecule has 100 valence electrons. The summed E-state index contributed by atoms with van der Waals surface area (Å²) in [7, 11) is 0. The van der Waals surface area contributed by atoms with Crippen LogP contribution in [0.4, 0.5) is 0 Å². The van der Waals surface area contributed by atoms with Gasteiger partial charge in [0.05, 0.1) is 12.6 Å². The van der Waals surface area contributed by atoms with Crippen molar-refractivity contribution in [2.75, 3.05) is 25.1 Å². The van der Waals surface area contributed by atoms with E-state index >= 15 is 0 Å². The molecule has 2 amide bonds. The minimum absolute atomic E-state index is 0.0516. The van der Waals surface area contributed by atoms with Crippen LogP contribution in [-0.4, -0.2) is 47.9 Å². The lowest BCUT2D eigenvalue weighted by Gasteiger charge is -2.26. The van der Waals surface area contributed by atoms with Crippen LogP contribution in [0.2, 0.25) is 0 Å². The van der Waals surface area contributed by atoms with Gasteiger partial charge < -0.3 is 16.4 Å². The monoisotopic (exact) mass is 261 g/mol. The molecule has 0 aliphatic heterocycles. The molecule has 17 heavy (non-hydrogen) atoms. The molecule has 4 N–H and O–H groups in total. The Balaban J connectivity index is 4.44. The summed E-state index contributed by atoms with van der Waals surface area (Å²) in [6, 6.07) is -0.541. The van der Waals surface area contributed by atoms with Gasteiger partial charge in [0.2, 0.25) is 11.8 Å². The van der Waals surface area contributed by atoms with Gasteiger partial charge in [-0.1, -0.05) is 13.8 Å². The Hall–Kier alpha value is -0.750. The second kappa shape index (κ2) is 8.36. The number of primary amides is 1. The molecule has 0 rings (SSSR count). The highest BCUT2D eigenvalue weighted by molar-refractivity contribution is 7.98. The van der Waals surface area contributed by atoms with Crippen LogP contribution >= 0.6 is 11.8 Å². The first-order valence-electron chi connectivity index (χ1n) is 5.70. The lowest BCUT2D eigenvalue weighted by Crippen LogP contribution is -2.48. The third kappa shape index (κ3) is 7.23. The van der Waals surface area contributed by atoms with Gasteiger partial charge in [-0.15, -0.1) is 0 Å². The van der Waals surface area contributed by atoms with Crippen molar-refractivity contribution >= 4 is 23.6 Å². The molecule has 0 bridgehead atoms. The molecule has 5 nitrogen and oxygen atoms in total. The van der Waals surface area contributed by atoms with Crippen molar-refractivity contribution in [2.45, 2.75) is 26.3 Å². The van der Waals surface area contributed by atoms with E-state index in [0.29, 0.717) is 13.0 Å². The summed E-state index contributed by atoms with van der Waals surface area (Å²) in [6.07, 6.45) is 2.58. The SMILES string of the molecule is CSCC[C@H](N)C(=O)N(CC(N)=O)CC(C)C. The van der Waals surface area contributed by atoms with Crippen LogP contribution in [0, 0.1) is 5.92 Å². The fourth-order valence-electron chi connectivity index (χ4n) is 1.46. The number of hydrogen-bond acceptors (Lipinski definition) is 4. The van der Waals surface area contributed by atoms with Gasteiger partial charge >= 0.3 is 0 Å². The summed E-state index contributed by atoms with van der Waals surface area (Å²) in [4.78, 5) is 24.4. The molecule has 0 radical (unpaired) electrons. The van der Waals surface area contributed by atoms with Crippen molar-refractivity contribution in [1.82, 2.24) is 4.90 Å². The Labute approximate surface area is 107 Å². The highest BCUT2D eigenvalue weighted by Gasteiger charge is 2.22. The predicted octanol–water partition coefficient (Wildman–Crippen LogP) is 0.0367. The third-order valence-corrected chi connectivity index (χ3v) is 2.84. The van der Waals surface area contributed by atoms with E-state index in [1.807, 2.05) is 20.1 Å². The smallest absolute Gasteiger partial charge is 0.239 e. The lowest BCUT2D eigenvalue weighted by molar-refractivity contribution is -0.136. The molecule has 0 aliphatic rings. The molecule has 0 aromatic heterocycles. The summed E-state index contributed by atoms with van der Waals surface area (Å²) in [5.74, 6) is 0.424. The van der Waals surface area contributed by atoms with Crippen LogP contribution in [0.1, 0.15) is 20.3 Å². The first-order valence-corrected chi connectivity index (χ1v) is 7.09. The first-order chi connectivity index (χ1) is 7.88. The molecule has 0 heterocycles. The normalized spacial score (nSPS) is 12.5. The summed E-state index contributed by atoms with van der Waals surface area (Å²) in [6.45, 7) is 4.42. The van der Waals surface area contributed by atoms with Crippen LogP contribution in [-0.2, 0) is 9.59 Å². The summed E-state index contributed by atoms with van der Waals surface area (Å²) >= 11 is 1.64. The van der Waals surface area contributed by atoms with E-state index in [1.165, 1.54) is 4.90 Å². The Kier molecular flexibility index (Phi) is 7.99. The average Bonchev–Trinajstić information content (AvgIpc) is 2.22. The third-order valence-electron chi connectivity index (χ3n) is 2.19. The van der Waals surface area contributed by atoms with E-state index in [9.17, 15) is 9.59 Å². The minimum Gasteiger partial charge on any atom is -0.368 e. The van der Waals surface area contributed by atoms with E-state index in [4.69, 9.17) is 11.5 Å². The zero-order valence-electron chi connectivity index (χ0n) is 10.8. The molecule has 0 fully saturated rings. The zero-order valence-corrected chi connectivity index (χ0v) is 11.6. The van der Waals surface area contributed by atoms with Gasteiger partial charge in [-0.05, 0) is 24.3 Å². The number of carbonyl (C=O) groups is 2. The van der Waals surface area contributed by atoms with Gasteiger partial charge in [0, 0.05) is 6.54 Å². The number of carbonyl (C=O) groups excluding carboxylic acids is 2. The number of hydrogen-bond donors (Lipinski definition) is 2. The van der Waals surface area contributed by atoms with Gasteiger partial charge in [0.15, 0.2) is 0 Å². The molecule has 6 heteroatoms. The predicted molar refractivity (Wildman–Crippen MR) is 71.6 cm³/mol. The van der Waals surface area contributed by atoms with E-state index in [0.717, 1.165) is 5.75 Å². The first kappa shape index (κ1) is 16.2. The maximum atomic E-state index is 12.0. The number of rotatable bonds is 8. The van der Waals surface area contributed by atoms with Crippen molar-refractivity contribution in [1.29, 1.82) is 0 Å². The van der Waals surface area contributed by atoms with Gasteiger partial charge in [-0.3, -0.25) is 9.59 Å².